The lowest BCUT2D eigenvalue weighted by Crippen LogP contribution is -2.24. The summed E-state index contributed by atoms with van der Waals surface area (Å²) in [5.74, 6) is -0.141. The number of carbonyl (C=O) groups is 1. The molecule has 7 heteroatoms. The molecule has 0 aliphatic heterocycles. The van der Waals surface area contributed by atoms with Gasteiger partial charge in [-0.3, -0.25) is 4.79 Å². The Balaban J connectivity index is 0. The molecule has 0 rings (SSSR count). The van der Waals surface area contributed by atoms with E-state index in [1.165, 1.54) is 0 Å². The molecule has 1 N–H and O–H groups in total. The van der Waals surface area contributed by atoms with Gasteiger partial charge in [0.05, 0.1) is 52.9 Å². The van der Waals surface area contributed by atoms with Crippen molar-refractivity contribution in [3.63, 3.8) is 0 Å². The zero-order valence-corrected chi connectivity index (χ0v) is 12.5. The molecule has 0 aromatic heterocycles. The Labute approximate surface area is 122 Å². The standard InChI is InChI=1S/C13H27NO6.H2/c1-3-16-4-5-17-6-7-18-8-9-19-10-11-20-12-13(15)14-2;/h3-12H2,1-2H3,(H,14,15);1H. The summed E-state index contributed by atoms with van der Waals surface area (Å²) in [6.07, 6.45) is 0. The highest BCUT2D eigenvalue weighted by atomic mass is 16.6. The van der Waals surface area contributed by atoms with Crippen molar-refractivity contribution in [2.75, 3.05) is 73.1 Å². The molecule has 0 heterocycles. The molecular weight excluding hydrogens is 266 g/mol. The van der Waals surface area contributed by atoms with Crippen LogP contribution in [0.1, 0.15) is 8.35 Å². The molecule has 0 spiro atoms. The van der Waals surface area contributed by atoms with Crippen LogP contribution in [0.15, 0.2) is 0 Å². The largest absolute Gasteiger partial charge is 0.379 e. The number of nitrogens with one attached hydrogen (secondary N) is 1. The second-order valence-electron chi connectivity index (χ2n) is 3.76. The Kier molecular flexibility index (Phi) is 15.7. The van der Waals surface area contributed by atoms with Gasteiger partial charge in [-0.2, -0.15) is 0 Å². The highest BCUT2D eigenvalue weighted by Crippen LogP contribution is 1.83. The third-order valence-electron chi connectivity index (χ3n) is 2.20. The van der Waals surface area contributed by atoms with Crippen LogP contribution in [-0.4, -0.2) is 79.0 Å². The number of rotatable bonds is 15. The first-order chi connectivity index (χ1) is 9.81. The van der Waals surface area contributed by atoms with Crippen molar-refractivity contribution in [1.82, 2.24) is 5.32 Å². The summed E-state index contributed by atoms with van der Waals surface area (Å²) in [4.78, 5) is 10.8. The summed E-state index contributed by atoms with van der Waals surface area (Å²) in [7, 11) is 1.57. The fraction of sp³-hybridized carbons (Fsp3) is 0.923. The van der Waals surface area contributed by atoms with Gasteiger partial charge in [0.2, 0.25) is 5.91 Å². The van der Waals surface area contributed by atoms with Gasteiger partial charge in [-0.05, 0) is 6.92 Å². The number of ether oxygens (including phenoxy) is 5. The number of hydrogen-bond acceptors (Lipinski definition) is 6. The van der Waals surface area contributed by atoms with Crippen molar-refractivity contribution < 1.29 is 29.9 Å². The van der Waals surface area contributed by atoms with Crippen molar-refractivity contribution in [3.05, 3.63) is 0 Å². The van der Waals surface area contributed by atoms with Gasteiger partial charge in [0.1, 0.15) is 6.61 Å². The quantitative estimate of drug-likeness (QED) is 0.431. The predicted octanol–water partition coefficient (Wildman–Crippen LogP) is 0.0813. The Morgan fingerprint density at radius 1 is 0.800 bits per heavy atom. The average molecular weight is 295 g/mol. The molecule has 122 valence electrons. The van der Waals surface area contributed by atoms with E-state index >= 15 is 0 Å². The SMILES string of the molecule is CCOCCOCCOCCOCCOCC(=O)NC.[HH]. The molecule has 0 radical (unpaired) electrons. The summed E-state index contributed by atoms with van der Waals surface area (Å²) < 4.78 is 26.0. The zero-order valence-electron chi connectivity index (χ0n) is 12.5. The molecular formula is C13H29NO6. The van der Waals surface area contributed by atoms with Gasteiger partial charge in [0.25, 0.3) is 0 Å². The molecule has 7 nitrogen and oxygen atoms in total. The first-order valence-electron chi connectivity index (χ1n) is 6.90. The molecule has 0 unspecified atom stereocenters. The van der Waals surface area contributed by atoms with E-state index in [0.717, 1.165) is 0 Å². The van der Waals surface area contributed by atoms with Gasteiger partial charge in [0, 0.05) is 15.1 Å². The van der Waals surface area contributed by atoms with Crippen molar-refractivity contribution in [1.29, 1.82) is 0 Å². The van der Waals surface area contributed by atoms with Crippen molar-refractivity contribution in [2.24, 2.45) is 0 Å². The molecule has 0 saturated carbocycles. The zero-order chi connectivity index (χ0) is 14.9. The van der Waals surface area contributed by atoms with E-state index in [1.807, 2.05) is 6.92 Å². The molecule has 0 aliphatic rings. The summed E-state index contributed by atoms with van der Waals surface area (Å²) in [6.45, 7) is 6.91. The first kappa shape index (κ1) is 19.3. The maximum absolute atomic E-state index is 10.8. The molecule has 0 aliphatic carbocycles. The van der Waals surface area contributed by atoms with E-state index in [1.54, 1.807) is 7.05 Å². The topological polar surface area (TPSA) is 75.2 Å². The maximum Gasteiger partial charge on any atom is 0.245 e. The van der Waals surface area contributed by atoms with E-state index in [2.05, 4.69) is 5.32 Å². The van der Waals surface area contributed by atoms with Crippen LogP contribution in [0.5, 0.6) is 0 Å². The summed E-state index contributed by atoms with van der Waals surface area (Å²) in [6, 6.07) is 0. The van der Waals surface area contributed by atoms with Crippen LogP contribution < -0.4 is 5.32 Å². The minimum atomic E-state index is -0.141. The van der Waals surface area contributed by atoms with Crippen molar-refractivity contribution >= 4 is 5.91 Å². The summed E-state index contributed by atoms with van der Waals surface area (Å²) in [5, 5.41) is 2.47. The molecule has 0 atom stereocenters. The van der Waals surface area contributed by atoms with Gasteiger partial charge in [-0.25, -0.2) is 0 Å². The fourth-order valence-electron chi connectivity index (χ4n) is 1.16. The Morgan fingerprint density at radius 3 is 1.60 bits per heavy atom. The minimum Gasteiger partial charge on any atom is -0.379 e. The maximum atomic E-state index is 10.8. The second-order valence-corrected chi connectivity index (χ2v) is 3.76. The lowest BCUT2D eigenvalue weighted by atomic mass is 10.6. The Bertz CT molecular complexity index is 221. The van der Waals surface area contributed by atoms with E-state index in [-0.39, 0.29) is 13.9 Å². The summed E-state index contributed by atoms with van der Waals surface area (Å²) >= 11 is 0. The monoisotopic (exact) mass is 295 g/mol. The van der Waals surface area contributed by atoms with Crippen LogP contribution in [0.2, 0.25) is 0 Å². The third kappa shape index (κ3) is 15.3. The lowest BCUT2D eigenvalue weighted by Gasteiger charge is -2.07. The van der Waals surface area contributed by atoms with E-state index < -0.39 is 0 Å². The second kappa shape index (κ2) is 16.3. The van der Waals surface area contributed by atoms with Crippen molar-refractivity contribution in [2.45, 2.75) is 6.92 Å². The van der Waals surface area contributed by atoms with Gasteiger partial charge in [-0.1, -0.05) is 0 Å². The molecule has 20 heavy (non-hydrogen) atoms. The van der Waals surface area contributed by atoms with Gasteiger partial charge in [-0.15, -0.1) is 0 Å². The van der Waals surface area contributed by atoms with Crippen LogP contribution in [0.4, 0.5) is 0 Å². The Morgan fingerprint density at radius 2 is 1.20 bits per heavy atom. The van der Waals surface area contributed by atoms with Crippen LogP contribution in [0.3, 0.4) is 0 Å². The van der Waals surface area contributed by atoms with E-state index in [0.29, 0.717) is 59.5 Å². The predicted molar refractivity (Wildman–Crippen MR) is 75.9 cm³/mol. The van der Waals surface area contributed by atoms with E-state index in [9.17, 15) is 4.79 Å². The smallest absolute Gasteiger partial charge is 0.245 e. The molecule has 0 saturated heterocycles. The Hall–Kier alpha value is -0.730. The van der Waals surface area contributed by atoms with Crippen LogP contribution >= 0.6 is 0 Å². The highest BCUT2D eigenvalue weighted by Gasteiger charge is 1.97. The fourth-order valence-corrected chi connectivity index (χ4v) is 1.16. The first-order valence-corrected chi connectivity index (χ1v) is 6.90. The number of carbonyl (C=O) groups excluding carboxylic acids is 1. The third-order valence-corrected chi connectivity index (χ3v) is 2.20. The molecule has 1 amide bonds. The number of likely N-dealkylation sites (N-methyl/N-ethyl adjacent to an activating group) is 1. The van der Waals surface area contributed by atoms with Gasteiger partial charge in [0.15, 0.2) is 0 Å². The van der Waals surface area contributed by atoms with E-state index in [4.69, 9.17) is 23.7 Å². The average Bonchev–Trinajstić information content (AvgIpc) is 2.47. The molecule has 0 aromatic rings. The van der Waals surface area contributed by atoms with Gasteiger partial charge < -0.3 is 29.0 Å². The molecule has 0 bridgehead atoms. The van der Waals surface area contributed by atoms with Crippen LogP contribution in [0.25, 0.3) is 0 Å². The lowest BCUT2D eigenvalue weighted by molar-refractivity contribution is -0.125. The summed E-state index contributed by atoms with van der Waals surface area (Å²) in [5.41, 5.74) is 0. The normalized spacial score (nSPS) is 10.7. The number of amides is 1. The van der Waals surface area contributed by atoms with Crippen molar-refractivity contribution in [3.8, 4) is 0 Å². The van der Waals surface area contributed by atoms with Crippen LogP contribution in [0, 0.1) is 0 Å². The highest BCUT2D eigenvalue weighted by molar-refractivity contribution is 5.76. The molecule has 0 aromatic carbocycles. The number of hydrogen-bond donors (Lipinski definition) is 1. The van der Waals surface area contributed by atoms with Gasteiger partial charge >= 0.3 is 0 Å². The molecule has 0 fully saturated rings. The minimum absolute atomic E-state index is 0. The van der Waals surface area contributed by atoms with Crippen LogP contribution in [-0.2, 0) is 28.5 Å².